The minimum atomic E-state index is -2.76. The van der Waals surface area contributed by atoms with Crippen molar-refractivity contribution < 1.29 is 18.3 Å². The van der Waals surface area contributed by atoms with Crippen LogP contribution in [0, 0.1) is 11.3 Å². The van der Waals surface area contributed by atoms with Gasteiger partial charge in [0.1, 0.15) is 11.8 Å². The highest BCUT2D eigenvalue weighted by Crippen LogP contribution is 2.24. The Morgan fingerprint density at radius 3 is 2.79 bits per heavy atom. The number of aromatic nitrogens is 1. The predicted octanol–water partition coefficient (Wildman–Crippen LogP) is 1.46. The Balaban J connectivity index is 3.19. The third-order valence-corrected chi connectivity index (χ3v) is 2.39. The van der Waals surface area contributed by atoms with Crippen LogP contribution in [0.5, 0.6) is 0 Å². The van der Waals surface area contributed by atoms with E-state index in [1.165, 1.54) is 0 Å². The van der Waals surface area contributed by atoms with E-state index in [1.54, 1.807) is 13.0 Å². The molecule has 0 aliphatic rings. The third kappa shape index (κ3) is 3.69. The van der Waals surface area contributed by atoms with Crippen molar-refractivity contribution >= 4 is 5.97 Å². The molecule has 0 spiro atoms. The Kier molecular flexibility index (Phi) is 5.33. The van der Waals surface area contributed by atoms with Crippen LogP contribution in [0.1, 0.15) is 35.9 Å². The minimum absolute atomic E-state index is 0.0424. The van der Waals surface area contributed by atoms with Crippen molar-refractivity contribution in [3.05, 3.63) is 28.6 Å². The highest BCUT2D eigenvalue weighted by atomic mass is 19.3. The molecule has 0 radical (unpaired) electrons. The van der Waals surface area contributed by atoms with Crippen molar-refractivity contribution in [2.24, 2.45) is 5.73 Å². The van der Waals surface area contributed by atoms with Gasteiger partial charge in [0.2, 0.25) is 0 Å². The summed E-state index contributed by atoms with van der Waals surface area (Å²) in [5.74, 6) is -0.596. The van der Waals surface area contributed by atoms with Crippen molar-refractivity contribution in [2.45, 2.75) is 26.3 Å². The second kappa shape index (κ2) is 6.75. The number of rotatable bonds is 5. The number of nitrogens with zero attached hydrogens (tertiary/aromatic N) is 2. The summed E-state index contributed by atoms with van der Waals surface area (Å²) in [6, 6.07) is 2.86. The molecular weight excluding hydrogens is 256 g/mol. The van der Waals surface area contributed by atoms with E-state index in [2.05, 4.69) is 4.98 Å². The average Bonchev–Trinajstić information content (AvgIpc) is 2.38. The molecule has 1 aromatic heterocycles. The van der Waals surface area contributed by atoms with E-state index in [1.807, 2.05) is 0 Å². The molecule has 0 unspecified atom stereocenters. The maximum Gasteiger partial charge on any atom is 0.310 e. The molecule has 2 N–H and O–H groups in total. The van der Waals surface area contributed by atoms with Crippen LogP contribution in [0.25, 0.3) is 0 Å². The van der Waals surface area contributed by atoms with Crippen LogP contribution in [0.2, 0.25) is 0 Å². The van der Waals surface area contributed by atoms with Gasteiger partial charge in [-0.1, -0.05) is 0 Å². The standard InChI is InChI=1S/C12H13F2N3O2/c1-2-19-11(18)4-7-3-8(12(13)14)10(6-16)17-9(7)5-15/h3,12H,2,4,6,16H2,1H3. The summed E-state index contributed by atoms with van der Waals surface area (Å²) in [5, 5.41) is 8.92. The Morgan fingerprint density at radius 2 is 2.32 bits per heavy atom. The number of hydrogen-bond acceptors (Lipinski definition) is 5. The summed E-state index contributed by atoms with van der Waals surface area (Å²) in [7, 11) is 0. The van der Waals surface area contributed by atoms with Gasteiger partial charge >= 0.3 is 5.97 Å². The van der Waals surface area contributed by atoms with Crippen LogP contribution >= 0.6 is 0 Å². The number of ether oxygens (including phenoxy) is 1. The van der Waals surface area contributed by atoms with Crippen LogP contribution in [-0.2, 0) is 22.5 Å². The zero-order valence-corrected chi connectivity index (χ0v) is 10.3. The van der Waals surface area contributed by atoms with Gasteiger partial charge in [-0.3, -0.25) is 4.79 Å². The Labute approximate surface area is 109 Å². The van der Waals surface area contributed by atoms with Crippen molar-refractivity contribution in [1.29, 1.82) is 5.26 Å². The molecule has 0 fully saturated rings. The van der Waals surface area contributed by atoms with Crippen LogP contribution in [0.3, 0.4) is 0 Å². The molecule has 0 saturated heterocycles. The molecule has 1 rings (SSSR count). The quantitative estimate of drug-likeness (QED) is 0.817. The molecule has 0 aliphatic carbocycles. The lowest BCUT2D eigenvalue weighted by Gasteiger charge is -2.10. The molecule has 0 aromatic carbocycles. The summed E-state index contributed by atoms with van der Waals surface area (Å²) in [4.78, 5) is 15.1. The second-order valence-electron chi connectivity index (χ2n) is 3.63. The molecular formula is C12H13F2N3O2. The zero-order chi connectivity index (χ0) is 14.4. The van der Waals surface area contributed by atoms with Gasteiger partial charge in [0.15, 0.2) is 0 Å². The summed E-state index contributed by atoms with van der Waals surface area (Å²) in [6.07, 6.45) is -3.03. The molecule has 0 aliphatic heterocycles. The maximum absolute atomic E-state index is 12.8. The first-order valence-corrected chi connectivity index (χ1v) is 5.60. The number of nitrogens with two attached hydrogens (primary N) is 1. The average molecular weight is 269 g/mol. The lowest BCUT2D eigenvalue weighted by atomic mass is 10.0. The van der Waals surface area contributed by atoms with Gasteiger partial charge in [-0.25, -0.2) is 13.8 Å². The predicted molar refractivity (Wildman–Crippen MR) is 62.1 cm³/mol. The van der Waals surface area contributed by atoms with Crippen LogP contribution in [0.15, 0.2) is 6.07 Å². The van der Waals surface area contributed by atoms with Crippen molar-refractivity contribution in [3.63, 3.8) is 0 Å². The Bertz CT molecular complexity index is 512. The monoisotopic (exact) mass is 269 g/mol. The van der Waals surface area contributed by atoms with Gasteiger partial charge < -0.3 is 10.5 Å². The Morgan fingerprint density at radius 1 is 1.63 bits per heavy atom. The molecule has 0 atom stereocenters. The molecule has 0 amide bonds. The van der Waals surface area contributed by atoms with Crippen LogP contribution < -0.4 is 5.73 Å². The van der Waals surface area contributed by atoms with Crippen LogP contribution in [-0.4, -0.2) is 17.6 Å². The first-order valence-electron chi connectivity index (χ1n) is 5.60. The van der Waals surface area contributed by atoms with E-state index < -0.39 is 12.4 Å². The van der Waals surface area contributed by atoms with E-state index in [0.717, 1.165) is 6.07 Å². The van der Waals surface area contributed by atoms with Gasteiger partial charge in [0.25, 0.3) is 6.43 Å². The molecule has 0 bridgehead atoms. The Hall–Kier alpha value is -2.07. The number of alkyl halides is 2. The number of carbonyl (C=O) groups excluding carboxylic acids is 1. The highest BCUT2D eigenvalue weighted by molar-refractivity contribution is 5.73. The number of hydrogen-bond donors (Lipinski definition) is 1. The first kappa shape index (κ1) is 15.0. The third-order valence-electron chi connectivity index (χ3n) is 2.39. The largest absolute Gasteiger partial charge is 0.466 e. The molecule has 1 aromatic rings. The molecule has 5 nitrogen and oxygen atoms in total. The fraction of sp³-hybridized carbons (Fsp3) is 0.417. The van der Waals surface area contributed by atoms with E-state index >= 15 is 0 Å². The first-order chi connectivity index (χ1) is 9.03. The van der Waals surface area contributed by atoms with E-state index in [4.69, 9.17) is 15.7 Å². The van der Waals surface area contributed by atoms with E-state index in [9.17, 15) is 13.6 Å². The van der Waals surface area contributed by atoms with Gasteiger partial charge in [-0.15, -0.1) is 0 Å². The maximum atomic E-state index is 12.8. The van der Waals surface area contributed by atoms with Gasteiger partial charge in [-0.2, -0.15) is 5.26 Å². The van der Waals surface area contributed by atoms with Crippen molar-refractivity contribution in [3.8, 4) is 6.07 Å². The fourth-order valence-electron chi connectivity index (χ4n) is 1.56. The topological polar surface area (TPSA) is 89.0 Å². The molecule has 0 saturated carbocycles. The summed E-state index contributed by atoms with van der Waals surface area (Å²) in [6.45, 7) is 1.61. The van der Waals surface area contributed by atoms with Crippen LogP contribution in [0.4, 0.5) is 8.78 Å². The van der Waals surface area contributed by atoms with Gasteiger partial charge in [0.05, 0.1) is 18.7 Å². The highest BCUT2D eigenvalue weighted by Gasteiger charge is 2.19. The smallest absolute Gasteiger partial charge is 0.310 e. The number of pyridine rings is 1. The number of nitriles is 1. The lowest BCUT2D eigenvalue weighted by Crippen LogP contribution is -2.13. The summed E-state index contributed by atoms with van der Waals surface area (Å²) in [5.41, 5.74) is 4.95. The summed E-state index contributed by atoms with van der Waals surface area (Å²) < 4.78 is 30.4. The number of carbonyl (C=O) groups is 1. The van der Waals surface area contributed by atoms with E-state index in [0.29, 0.717) is 0 Å². The summed E-state index contributed by atoms with van der Waals surface area (Å²) >= 11 is 0. The lowest BCUT2D eigenvalue weighted by molar-refractivity contribution is -0.142. The second-order valence-corrected chi connectivity index (χ2v) is 3.63. The van der Waals surface area contributed by atoms with Crippen molar-refractivity contribution in [1.82, 2.24) is 4.98 Å². The molecule has 7 heteroatoms. The van der Waals surface area contributed by atoms with E-state index in [-0.39, 0.29) is 42.1 Å². The molecule has 102 valence electrons. The normalized spacial score (nSPS) is 10.3. The van der Waals surface area contributed by atoms with Gasteiger partial charge in [-0.05, 0) is 13.0 Å². The fourth-order valence-corrected chi connectivity index (χ4v) is 1.56. The SMILES string of the molecule is CCOC(=O)Cc1cc(C(F)F)c(CN)nc1C#N. The number of esters is 1. The van der Waals surface area contributed by atoms with Gasteiger partial charge in [0, 0.05) is 17.7 Å². The zero-order valence-electron chi connectivity index (χ0n) is 10.3. The number of halogens is 2. The minimum Gasteiger partial charge on any atom is -0.466 e. The molecule has 19 heavy (non-hydrogen) atoms. The van der Waals surface area contributed by atoms with Crippen molar-refractivity contribution in [2.75, 3.05) is 6.61 Å². The molecule has 1 heterocycles.